The molecule has 0 bridgehead atoms. The topological polar surface area (TPSA) is 108 Å². The van der Waals surface area contributed by atoms with Crippen molar-refractivity contribution >= 4 is 15.4 Å². The Kier molecular flexibility index (Phi) is 15.0. The number of allylic oxidation sites excluding steroid dienone is 3. The molecule has 2 aliphatic rings. The van der Waals surface area contributed by atoms with E-state index < -0.39 is 29.9 Å². The van der Waals surface area contributed by atoms with E-state index in [0.717, 1.165) is 44.9 Å². The third kappa shape index (κ3) is 11.0. The van der Waals surface area contributed by atoms with Crippen LogP contribution in [0.5, 0.6) is 0 Å². The Morgan fingerprint density at radius 2 is 2.00 bits per heavy atom. The fourth-order valence-corrected chi connectivity index (χ4v) is 5.60. The van der Waals surface area contributed by atoms with Crippen molar-refractivity contribution in [3.05, 3.63) is 48.6 Å². The first-order valence-electron chi connectivity index (χ1n) is 14.3. The lowest BCUT2D eigenvalue weighted by Gasteiger charge is -2.35. The molecule has 1 aliphatic heterocycles. The van der Waals surface area contributed by atoms with Crippen LogP contribution in [0.15, 0.2) is 48.6 Å². The van der Waals surface area contributed by atoms with Crippen molar-refractivity contribution in [2.75, 3.05) is 6.54 Å². The van der Waals surface area contributed by atoms with Gasteiger partial charge >= 0.3 is 5.97 Å². The number of carbonyl (C=O) groups is 1. The molecule has 1 fully saturated rings. The van der Waals surface area contributed by atoms with Gasteiger partial charge in [0.15, 0.2) is 0 Å². The molecule has 7 nitrogen and oxygen atoms in total. The summed E-state index contributed by atoms with van der Waals surface area (Å²) in [5.41, 5.74) is -1.39. The van der Waals surface area contributed by atoms with E-state index in [1.165, 1.54) is 6.08 Å². The second-order valence-corrected chi connectivity index (χ2v) is 11.0. The summed E-state index contributed by atoms with van der Waals surface area (Å²) in [6.07, 6.45) is 19.1. The van der Waals surface area contributed by atoms with Crippen molar-refractivity contribution in [2.45, 2.75) is 115 Å². The Hall–Kier alpha value is -1.34. The molecule has 8 atom stereocenters. The molecule has 2 rings (SSSR count). The quantitative estimate of drug-likeness (QED) is 0.0966. The van der Waals surface area contributed by atoms with Crippen molar-refractivity contribution in [3.63, 3.8) is 0 Å². The highest BCUT2D eigenvalue weighted by Gasteiger charge is 2.36. The number of cyclic esters (lactones) is 1. The van der Waals surface area contributed by atoms with Gasteiger partial charge < -0.3 is 29.9 Å². The third-order valence-corrected chi connectivity index (χ3v) is 8.16. The van der Waals surface area contributed by atoms with E-state index in [-0.39, 0.29) is 18.4 Å². The first kappa shape index (κ1) is 32.9. The molecule has 0 aromatic heterocycles. The summed E-state index contributed by atoms with van der Waals surface area (Å²) < 4.78 is 11.2. The minimum atomic E-state index is -1.39. The zero-order valence-electron chi connectivity index (χ0n) is 23.4. The maximum Gasteiger partial charge on any atom is 0.331 e. The summed E-state index contributed by atoms with van der Waals surface area (Å²) in [6, 6.07) is 0.359. The third-order valence-electron chi connectivity index (χ3n) is 7.84. The highest BCUT2D eigenvalue weighted by Crippen LogP contribution is 2.29. The first-order valence-corrected chi connectivity index (χ1v) is 14.8. The first-order chi connectivity index (χ1) is 18.2. The predicted octanol–water partition coefficient (Wildman–Crippen LogP) is 4.54. The van der Waals surface area contributed by atoms with Crippen LogP contribution in [0.2, 0.25) is 0 Å². The SMILES string of the molecule is CCC(CC)NCCC(O)(C=CC1OC(=O)C=CC1CC)C(CC(O)C=CC=CC1CCCC(O)C1)OP. The van der Waals surface area contributed by atoms with Gasteiger partial charge in [-0.25, -0.2) is 4.79 Å². The molecule has 0 saturated heterocycles. The molecule has 8 unspecified atom stereocenters. The summed E-state index contributed by atoms with van der Waals surface area (Å²) in [6.45, 7) is 6.86. The van der Waals surface area contributed by atoms with Gasteiger partial charge in [0.2, 0.25) is 0 Å². The fourth-order valence-electron chi connectivity index (χ4n) is 5.25. The average Bonchev–Trinajstić information content (AvgIpc) is 2.91. The van der Waals surface area contributed by atoms with Crippen LogP contribution in [0.25, 0.3) is 0 Å². The van der Waals surface area contributed by atoms with Gasteiger partial charge in [0.1, 0.15) is 11.7 Å². The fraction of sp³-hybridized carbons (Fsp3) is 0.700. The largest absolute Gasteiger partial charge is 0.454 e. The molecule has 1 heterocycles. The molecular formula is C30H50NO6P. The minimum absolute atomic E-state index is 0.0387. The number of hydrogen-bond acceptors (Lipinski definition) is 7. The molecule has 0 amide bonds. The molecule has 0 spiro atoms. The number of hydrogen-bond donors (Lipinski definition) is 4. The Morgan fingerprint density at radius 3 is 2.66 bits per heavy atom. The van der Waals surface area contributed by atoms with Crippen LogP contribution in [0.1, 0.15) is 78.6 Å². The lowest BCUT2D eigenvalue weighted by Crippen LogP contribution is -2.46. The number of esters is 1. The Morgan fingerprint density at radius 1 is 1.24 bits per heavy atom. The number of aliphatic hydroxyl groups is 3. The Balaban J connectivity index is 2.10. The van der Waals surface area contributed by atoms with Crippen molar-refractivity contribution in [2.24, 2.45) is 11.8 Å². The van der Waals surface area contributed by atoms with Gasteiger partial charge in [-0.15, -0.1) is 0 Å². The number of ether oxygens (including phenoxy) is 1. The van der Waals surface area contributed by atoms with Gasteiger partial charge in [-0.3, -0.25) is 0 Å². The summed E-state index contributed by atoms with van der Waals surface area (Å²) in [5.74, 6) is 0.00692. The van der Waals surface area contributed by atoms with Gasteiger partial charge in [-0.2, -0.15) is 0 Å². The van der Waals surface area contributed by atoms with Crippen LogP contribution in [-0.4, -0.2) is 63.9 Å². The zero-order chi connectivity index (χ0) is 28.0. The summed E-state index contributed by atoms with van der Waals surface area (Å²) in [5, 5.41) is 35.9. The second kappa shape index (κ2) is 17.4. The van der Waals surface area contributed by atoms with Crippen molar-refractivity contribution in [1.29, 1.82) is 0 Å². The van der Waals surface area contributed by atoms with E-state index in [4.69, 9.17) is 9.26 Å². The highest BCUT2D eigenvalue weighted by molar-refractivity contribution is 7.09. The van der Waals surface area contributed by atoms with Gasteiger partial charge in [-0.1, -0.05) is 63.6 Å². The Bertz CT molecular complexity index is 811. The molecule has 38 heavy (non-hydrogen) atoms. The number of nitrogens with one attached hydrogen (secondary N) is 1. The van der Waals surface area contributed by atoms with E-state index in [1.807, 2.05) is 25.2 Å². The minimum Gasteiger partial charge on any atom is -0.454 e. The zero-order valence-corrected chi connectivity index (χ0v) is 24.5. The van der Waals surface area contributed by atoms with Crippen LogP contribution >= 0.6 is 9.47 Å². The van der Waals surface area contributed by atoms with Gasteiger partial charge in [0, 0.05) is 33.9 Å². The second-order valence-electron chi connectivity index (χ2n) is 10.7. The summed E-state index contributed by atoms with van der Waals surface area (Å²) in [7, 11) is 2.23. The van der Waals surface area contributed by atoms with Crippen LogP contribution < -0.4 is 5.32 Å². The highest BCUT2D eigenvalue weighted by atomic mass is 31.0. The van der Waals surface area contributed by atoms with E-state index >= 15 is 0 Å². The maximum atomic E-state index is 11.8. The number of aliphatic hydroxyl groups excluding tert-OH is 2. The summed E-state index contributed by atoms with van der Waals surface area (Å²) >= 11 is 0. The lowest BCUT2D eigenvalue weighted by molar-refractivity contribution is -0.143. The molecule has 1 aliphatic carbocycles. The predicted molar refractivity (Wildman–Crippen MR) is 155 cm³/mol. The van der Waals surface area contributed by atoms with Crippen molar-refractivity contribution in [3.8, 4) is 0 Å². The van der Waals surface area contributed by atoms with E-state index in [9.17, 15) is 20.1 Å². The van der Waals surface area contributed by atoms with Crippen LogP contribution in [-0.2, 0) is 14.1 Å². The molecule has 4 N–H and O–H groups in total. The molecule has 216 valence electrons. The van der Waals surface area contributed by atoms with Gasteiger partial charge in [0.05, 0.1) is 18.3 Å². The average molecular weight is 552 g/mol. The van der Waals surface area contributed by atoms with Gasteiger partial charge in [-0.05, 0) is 63.5 Å². The molecule has 0 radical (unpaired) electrons. The maximum absolute atomic E-state index is 11.8. The normalized spacial score (nSPS) is 27.8. The molecule has 0 aromatic carbocycles. The van der Waals surface area contributed by atoms with Crippen LogP contribution in [0.4, 0.5) is 0 Å². The summed E-state index contributed by atoms with van der Waals surface area (Å²) in [4.78, 5) is 11.8. The van der Waals surface area contributed by atoms with Crippen LogP contribution in [0, 0.1) is 11.8 Å². The molecule has 1 saturated carbocycles. The molecular weight excluding hydrogens is 501 g/mol. The van der Waals surface area contributed by atoms with Crippen molar-refractivity contribution in [1.82, 2.24) is 5.32 Å². The van der Waals surface area contributed by atoms with E-state index in [0.29, 0.717) is 24.9 Å². The molecule has 0 aromatic rings. The lowest BCUT2D eigenvalue weighted by atomic mass is 9.86. The standard InChI is InChI=1S/C30H50NO6P/c1-4-23-14-15-29(34)36-27(23)16-17-30(35,18-19-31-24(5-2)6-3)28(37-38)21-26(33)12-8-7-10-22-11-9-13-25(32)20-22/h7-8,10,12,14-17,22-28,31-33,35H,4-6,9,11,13,18-21,38H2,1-3H3. The monoisotopic (exact) mass is 551 g/mol. The number of carbonyl (C=O) groups excluding carboxylic acids is 1. The van der Waals surface area contributed by atoms with Crippen molar-refractivity contribution < 1.29 is 29.4 Å². The van der Waals surface area contributed by atoms with E-state index in [1.54, 1.807) is 18.2 Å². The Labute approximate surface area is 231 Å². The smallest absolute Gasteiger partial charge is 0.331 e. The van der Waals surface area contributed by atoms with Crippen LogP contribution in [0.3, 0.4) is 0 Å². The molecule has 8 heteroatoms. The van der Waals surface area contributed by atoms with E-state index in [2.05, 4.69) is 34.7 Å². The number of rotatable bonds is 16. The van der Waals surface area contributed by atoms with Gasteiger partial charge in [0.25, 0.3) is 0 Å².